The topological polar surface area (TPSA) is 47.4 Å². The lowest BCUT2D eigenvalue weighted by molar-refractivity contribution is 0.146. The molecule has 1 aliphatic rings. The number of anilines is 1. The Bertz CT molecular complexity index is 535. The third kappa shape index (κ3) is 4.98. The molecule has 1 saturated heterocycles. The van der Waals surface area contributed by atoms with Crippen LogP contribution in [0.5, 0.6) is 0 Å². The number of unbranched alkanes of at least 4 members (excludes halogenated alkanes) is 1. The Hall–Kier alpha value is -1.01. The molecule has 0 saturated carbocycles. The van der Waals surface area contributed by atoms with Gasteiger partial charge in [0.05, 0.1) is 6.61 Å². The van der Waals surface area contributed by atoms with Crippen molar-refractivity contribution in [2.24, 2.45) is 0 Å². The summed E-state index contributed by atoms with van der Waals surface area (Å²) in [7, 11) is 0. The van der Waals surface area contributed by atoms with Gasteiger partial charge in [-0.1, -0.05) is 13.3 Å². The van der Waals surface area contributed by atoms with Gasteiger partial charge < -0.3 is 9.64 Å². The summed E-state index contributed by atoms with van der Waals surface area (Å²) in [5.41, 5.74) is -0.125. The molecular weight excluding hydrogens is 310 g/mol. The second-order valence-electron chi connectivity index (χ2n) is 5.91. The van der Waals surface area contributed by atoms with Crippen molar-refractivity contribution in [2.45, 2.75) is 51.3 Å². The van der Waals surface area contributed by atoms with Gasteiger partial charge in [0.1, 0.15) is 5.82 Å². The van der Waals surface area contributed by atoms with Crippen LogP contribution in [0.15, 0.2) is 17.1 Å². The molecule has 1 aliphatic heterocycles. The van der Waals surface area contributed by atoms with Crippen LogP contribution >= 0.6 is 11.8 Å². The first-order valence-corrected chi connectivity index (χ1v) is 9.77. The fourth-order valence-electron chi connectivity index (χ4n) is 2.89. The minimum Gasteiger partial charge on any atom is -0.381 e. The predicted molar refractivity (Wildman–Crippen MR) is 97.7 cm³/mol. The average Bonchev–Trinajstić information content (AvgIpc) is 3.02. The van der Waals surface area contributed by atoms with Crippen molar-refractivity contribution in [1.82, 2.24) is 9.55 Å². The zero-order valence-electron chi connectivity index (χ0n) is 14.5. The fraction of sp³-hybridized carbons (Fsp3) is 0.765. The summed E-state index contributed by atoms with van der Waals surface area (Å²) in [6.07, 6.45) is 5.18. The number of nitrogens with zero attached hydrogens (tertiary/aromatic N) is 3. The van der Waals surface area contributed by atoms with Crippen molar-refractivity contribution in [3.8, 4) is 0 Å². The molecule has 0 radical (unpaired) electrons. The zero-order valence-corrected chi connectivity index (χ0v) is 15.3. The third-order valence-electron chi connectivity index (χ3n) is 4.26. The van der Waals surface area contributed by atoms with Gasteiger partial charge in [-0.2, -0.15) is 16.7 Å². The summed E-state index contributed by atoms with van der Waals surface area (Å²) in [6, 6.07) is 2.23. The summed E-state index contributed by atoms with van der Waals surface area (Å²) in [5.74, 6) is 1.77. The van der Waals surface area contributed by atoms with Crippen LogP contribution in [0.3, 0.4) is 0 Å². The largest absolute Gasteiger partial charge is 0.381 e. The highest BCUT2D eigenvalue weighted by atomic mass is 32.2. The van der Waals surface area contributed by atoms with Crippen molar-refractivity contribution in [3.63, 3.8) is 0 Å². The molecule has 2 heterocycles. The molecule has 2 rings (SSSR count). The Balaban J connectivity index is 2.03. The van der Waals surface area contributed by atoms with E-state index in [1.807, 2.05) is 30.9 Å². The van der Waals surface area contributed by atoms with E-state index < -0.39 is 0 Å². The van der Waals surface area contributed by atoms with Crippen molar-refractivity contribution in [3.05, 3.63) is 22.7 Å². The lowest BCUT2D eigenvalue weighted by Gasteiger charge is -2.22. The van der Waals surface area contributed by atoms with E-state index in [1.54, 1.807) is 4.57 Å². The third-order valence-corrected chi connectivity index (χ3v) is 5.64. The molecule has 130 valence electrons. The molecule has 1 fully saturated rings. The van der Waals surface area contributed by atoms with Crippen molar-refractivity contribution < 1.29 is 4.74 Å². The van der Waals surface area contributed by atoms with Crippen LogP contribution in [0.25, 0.3) is 0 Å². The number of aromatic nitrogens is 2. The van der Waals surface area contributed by atoms with Gasteiger partial charge >= 0.3 is 5.69 Å². The average molecular weight is 340 g/mol. The highest BCUT2D eigenvalue weighted by Gasteiger charge is 2.27. The second kappa shape index (κ2) is 9.33. The predicted octanol–water partition coefficient (Wildman–Crippen LogP) is 2.95. The van der Waals surface area contributed by atoms with Crippen molar-refractivity contribution in [2.75, 3.05) is 37.0 Å². The van der Waals surface area contributed by atoms with Crippen LogP contribution < -0.4 is 10.6 Å². The molecule has 23 heavy (non-hydrogen) atoms. The fourth-order valence-corrected chi connectivity index (χ4v) is 4.23. The first-order valence-electron chi connectivity index (χ1n) is 8.73. The van der Waals surface area contributed by atoms with E-state index >= 15 is 0 Å². The summed E-state index contributed by atoms with van der Waals surface area (Å²) in [6.45, 7) is 9.67. The lowest BCUT2D eigenvalue weighted by atomic mass is 10.2. The van der Waals surface area contributed by atoms with Gasteiger partial charge in [0, 0.05) is 42.9 Å². The monoisotopic (exact) mass is 339 g/mol. The zero-order chi connectivity index (χ0) is 16.7. The molecular formula is C17H29N3O2S. The quantitative estimate of drug-likeness (QED) is 0.692. The summed E-state index contributed by atoms with van der Waals surface area (Å²) in [5, 5.41) is 0.489. The first kappa shape index (κ1) is 18.3. The Labute approximate surface area is 143 Å². The molecule has 0 unspecified atom stereocenters. The van der Waals surface area contributed by atoms with Crippen molar-refractivity contribution >= 4 is 17.6 Å². The Kier molecular flexibility index (Phi) is 7.43. The summed E-state index contributed by atoms with van der Waals surface area (Å²) < 4.78 is 7.31. The van der Waals surface area contributed by atoms with Crippen LogP contribution in [-0.4, -0.2) is 46.9 Å². The molecule has 0 bridgehead atoms. The Morgan fingerprint density at radius 1 is 1.43 bits per heavy atom. The molecule has 5 nitrogen and oxygen atoms in total. The van der Waals surface area contributed by atoms with Gasteiger partial charge in [-0.15, -0.1) is 0 Å². The number of thioether (sulfide) groups is 1. The highest BCUT2D eigenvalue weighted by molar-refractivity contribution is 8.00. The summed E-state index contributed by atoms with van der Waals surface area (Å²) in [4.78, 5) is 18.9. The van der Waals surface area contributed by atoms with E-state index in [0.29, 0.717) is 5.25 Å². The van der Waals surface area contributed by atoms with Gasteiger partial charge in [0.15, 0.2) is 0 Å². The first-order chi connectivity index (χ1) is 11.2. The number of hydrogen-bond donors (Lipinski definition) is 0. The van der Waals surface area contributed by atoms with E-state index in [1.165, 1.54) is 0 Å². The Morgan fingerprint density at radius 3 is 2.91 bits per heavy atom. The molecule has 0 amide bonds. The molecule has 0 aliphatic carbocycles. The van der Waals surface area contributed by atoms with Crippen LogP contribution in [0.2, 0.25) is 0 Å². The van der Waals surface area contributed by atoms with E-state index in [-0.39, 0.29) is 11.7 Å². The number of rotatable bonds is 9. The molecule has 1 aromatic heterocycles. The minimum atomic E-state index is -0.125. The maximum atomic E-state index is 12.4. The molecule has 1 aromatic rings. The molecule has 0 aromatic carbocycles. The van der Waals surface area contributed by atoms with E-state index in [4.69, 9.17) is 4.74 Å². The van der Waals surface area contributed by atoms with Crippen molar-refractivity contribution in [1.29, 1.82) is 0 Å². The van der Waals surface area contributed by atoms with Gasteiger partial charge in [0.25, 0.3) is 0 Å². The van der Waals surface area contributed by atoms with Crippen LogP contribution in [0, 0.1) is 0 Å². The van der Waals surface area contributed by atoms with Crippen LogP contribution in [0.4, 0.5) is 5.82 Å². The maximum Gasteiger partial charge on any atom is 0.349 e. The van der Waals surface area contributed by atoms with Crippen LogP contribution in [-0.2, 0) is 4.74 Å². The Morgan fingerprint density at radius 2 is 2.26 bits per heavy atom. The van der Waals surface area contributed by atoms with Gasteiger partial charge in [-0.05, 0) is 32.8 Å². The van der Waals surface area contributed by atoms with Gasteiger partial charge in [0.2, 0.25) is 0 Å². The highest BCUT2D eigenvalue weighted by Crippen LogP contribution is 2.34. The standard InChI is InChI=1S/C17H29N3O2S/c1-4-7-9-19(5-2)16-8-10-20(17(21)18-16)14-11-15(23-13-14)12-22-6-3/h8,10,14-15H,4-7,9,11-13H2,1-3H3/t14-,15-/m1/s1. The SMILES string of the molecule is CCCCN(CC)c1ccn([C@H]2CS[C@@H](COCC)C2)c(=O)n1. The summed E-state index contributed by atoms with van der Waals surface area (Å²) >= 11 is 1.90. The normalized spacial score (nSPS) is 20.8. The number of ether oxygens (including phenoxy) is 1. The van der Waals surface area contributed by atoms with E-state index in [0.717, 1.165) is 57.1 Å². The van der Waals surface area contributed by atoms with E-state index in [9.17, 15) is 4.79 Å². The van der Waals surface area contributed by atoms with Crippen LogP contribution in [0.1, 0.15) is 46.1 Å². The maximum absolute atomic E-state index is 12.4. The molecule has 2 atom stereocenters. The second-order valence-corrected chi connectivity index (χ2v) is 7.25. The smallest absolute Gasteiger partial charge is 0.349 e. The number of hydrogen-bond acceptors (Lipinski definition) is 5. The van der Waals surface area contributed by atoms with E-state index in [2.05, 4.69) is 23.7 Å². The van der Waals surface area contributed by atoms with Gasteiger partial charge in [-0.25, -0.2) is 4.79 Å². The lowest BCUT2D eigenvalue weighted by Crippen LogP contribution is -2.32. The molecule has 0 N–H and O–H groups in total. The minimum absolute atomic E-state index is 0.125. The molecule has 0 spiro atoms. The van der Waals surface area contributed by atoms with Gasteiger partial charge in [-0.3, -0.25) is 4.57 Å². The molecule has 6 heteroatoms.